The molecule has 0 fully saturated rings. The van der Waals surface area contributed by atoms with Crippen LogP contribution < -0.4 is 0 Å². The summed E-state index contributed by atoms with van der Waals surface area (Å²) in [6.45, 7) is 4.30. The molecular formula is C11H17F3N2O2. The van der Waals surface area contributed by atoms with E-state index in [0.717, 1.165) is 4.90 Å². The van der Waals surface area contributed by atoms with Crippen molar-refractivity contribution in [3.05, 3.63) is 0 Å². The van der Waals surface area contributed by atoms with E-state index in [1.807, 2.05) is 0 Å². The van der Waals surface area contributed by atoms with Crippen molar-refractivity contribution < 1.29 is 22.7 Å². The van der Waals surface area contributed by atoms with Crippen LogP contribution >= 0.6 is 0 Å². The highest BCUT2D eigenvalue weighted by Crippen LogP contribution is 2.20. The first-order valence-electron chi connectivity index (χ1n) is 5.47. The number of amides is 1. The third kappa shape index (κ3) is 8.67. The van der Waals surface area contributed by atoms with Crippen LogP contribution in [0.4, 0.5) is 18.0 Å². The Morgan fingerprint density at radius 3 is 2.22 bits per heavy atom. The molecule has 104 valence electrons. The lowest BCUT2D eigenvalue weighted by molar-refractivity contribution is -0.137. The van der Waals surface area contributed by atoms with E-state index in [1.165, 1.54) is 0 Å². The summed E-state index contributed by atoms with van der Waals surface area (Å²) >= 11 is 0. The van der Waals surface area contributed by atoms with Gasteiger partial charge in [-0.25, -0.2) is 4.79 Å². The largest absolute Gasteiger partial charge is 0.444 e. The molecule has 0 spiro atoms. The number of carbonyl (C=O) groups is 1. The lowest BCUT2D eigenvalue weighted by atomic mass is 10.2. The fourth-order valence-electron chi connectivity index (χ4n) is 1.07. The Hall–Kier alpha value is -1.45. The third-order valence-electron chi connectivity index (χ3n) is 1.81. The highest BCUT2D eigenvalue weighted by molar-refractivity contribution is 5.68. The zero-order valence-corrected chi connectivity index (χ0v) is 10.7. The van der Waals surface area contributed by atoms with Gasteiger partial charge in [-0.3, -0.25) is 0 Å². The maximum absolute atomic E-state index is 12.1. The predicted molar refractivity (Wildman–Crippen MR) is 58.7 cm³/mol. The van der Waals surface area contributed by atoms with Crippen molar-refractivity contribution in [1.82, 2.24) is 4.90 Å². The van der Waals surface area contributed by atoms with Crippen LogP contribution in [0.1, 0.15) is 33.6 Å². The molecule has 0 aromatic heterocycles. The topological polar surface area (TPSA) is 53.3 Å². The average Bonchev–Trinajstić information content (AvgIpc) is 2.13. The second kappa shape index (κ2) is 6.47. The molecule has 0 saturated carbocycles. The first-order valence-corrected chi connectivity index (χ1v) is 5.47. The summed E-state index contributed by atoms with van der Waals surface area (Å²) in [6.07, 6.45) is -6.32. The van der Waals surface area contributed by atoms with Crippen LogP contribution in [0.2, 0.25) is 0 Å². The molecule has 1 amide bonds. The van der Waals surface area contributed by atoms with Crippen LogP contribution in [0.25, 0.3) is 0 Å². The van der Waals surface area contributed by atoms with Gasteiger partial charge in [-0.05, 0) is 20.8 Å². The van der Waals surface area contributed by atoms with Crippen LogP contribution in [0, 0.1) is 11.3 Å². The maximum atomic E-state index is 12.1. The molecular weight excluding hydrogens is 249 g/mol. The van der Waals surface area contributed by atoms with E-state index in [2.05, 4.69) is 0 Å². The number of ether oxygens (including phenoxy) is 1. The molecule has 7 heteroatoms. The van der Waals surface area contributed by atoms with Gasteiger partial charge in [-0.2, -0.15) is 18.4 Å². The summed E-state index contributed by atoms with van der Waals surface area (Å²) in [7, 11) is 0. The van der Waals surface area contributed by atoms with Gasteiger partial charge in [0, 0.05) is 13.1 Å². The number of carbonyl (C=O) groups excluding carboxylic acids is 1. The van der Waals surface area contributed by atoms with Crippen molar-refractivity contribution in [2.75, 3.05) is 13.1 Å². The Balaban J connectivity index is 4.48. The van der Waals surface area contributed by atoms with Crippen molar-refractivity contribution in [2.45, 2.75) is 45.4 Å². The fraction of sp³-hybridized carbons (Fsp3) is 0.818. The number of rotatable bonds is 4. The maximum Gasteiger partial charge on any atom is 0.410 e. The monoisotopic (exact) mass is 266 g/mol. The van der Waals surface area contributed by atoms with Crippen LogP contribution in [-0.4, -0.2) is 35.9 Å². The molecule has 0 aliphatic rings. The number of alkyl halides is 3. The van der Waals surface area contributed by atoms with Gasteiger partial charge in [0.2, 0.25) is 0 Å². The summed E-state index contributed by atoms with van der Waals surface area (Å²) in [6, 6.07) is 1.78. The van der Waals surface area contributed by atoms with Gasteiger partial charge in [0.15, 0.2) is 0 Å². The molecule has 0 aromatic carbocycles. The van der Waals surface area contributed by atoms with Gasteiger partial charge in [-0.15, -0.1) is 0 Å². The van der Waals surface area contributed by atoms with Gasteiger partial charge < -0.3 is 9.64 Å². The van der Waals surface area contributed by atoms with Gasteiger partial charge in [0.05, 0.1) is 18.9 Å². The molecule has 4 nitrogen and oxygen atoms in total. The Kier molecular flexibility index (Phi) is 5.95. The molecule has 0 aromatic rings. The van der Waals surface area contributed by atoms with Crippen molar-refractivity contribution in [3.8, 4) is 6.07 Å². The second-order valence-corrected chi connectivity index (χ2v) is 4.74. The Labute approximate surface area is 104 Å². The minimum atomic E-state index is -4.34. The van der Waals surface area contributed by atoms with Crippen molar-refractivity contribution in [2.24, 2.45) is 0 Å². The molecule has 0 saturated heterocycles. The van der Waals surface area contributed by atoms with E-state index in [0.29, 0.717) is 0 Å². The van der Waals surface area contributed by atoms with E-state index >= 15 is 0 Å². The molecule has 0 bridgehead atoms. The molecule has 0 atom stereocenters. The Morgan fingerprint density at radius 2 is 1.83 bits per heavy atom. The zero-order valence-electron chi connectivity index (χ0n) is 10.7. The molecule has 0 rings (SSSR count). The second-order valence-electron chi connectivity index (χ2n) is 4.74. The van der Waals surface area contributed by atoms with Gasteiger partial charge in [0.1, 0.15) is 5.60 Å². The summed E-state index contributed by atoms with van der Waals surface area (Å²) in [5, 5.41) is 8.41. The van der Waals surface area contributed by atoms with Crippen LogP contribution in [0.5, 0.6) is 0 Å². The average molecular weight is 266 g/mol. The van der Waals surface area contributed by atoms with E-state index in [1.54, 1.807) is 26.8 Å². The molecule has 18 heavy (non-hydrogen) atoms. The van der Waals surface area contributed by atoms with Crippen molar-refractivity contribution >= 4 is 6.09 Å². The minimum Gasteiger partial charge on any atom is -0.444 e. The van der Waals surface area contributed by atoms with Gasteiger partial charge in [-0.1, -0.05) is 0 Å². The molecule has 0 unspecified atom stereocenters. The number of nitriles is 1. The quantitative estimate of drug-likeness (QED) is 0.785. The highest BCUT2D eigenvalue weighted by atomic mass is 19.4. The van der Waals surface area contributed by atoms with E-state index in [9.17, 15) is 18.0 Å². The van der Waals surface area contributed by atoms with E-state index in [-0.39, 0.29) is 13.0 Å². The molecule has 0 aliphatic heterocycles. The third-order valence-corrected chi connectivity index (χ3v) is 1.81. The summed E-state index contributed by atoms with van der Waals surface area (Å²) in [5.74, 6) is 0. The lowest BCUT2D eigenvalue weighted by Crippen LogP contribution is -2.39. The Bertz CT molecular complexity index is 316. The standard InChI is InChI=1S/C11H17F3N2O2/c1-10(2,3)18-9(17)16(7-4-6-15)8-5-11(12,13)14/h4-5,7-8H2,1-3H3. The van der Waals surface area contributed by atoms with Crippen LogP contribution in [-0.2, 0) is 4.74 Å². The Morgan fingerprint density at radius 1 is 1.28 bits per heavy atom. The molecule has 0 aliphatic carbocycles. The normalized spacial score (nSPS) is 11.8. The predicted octanol–water partition coefficient (Wildman–Crippen LogP) is 3.09. The highest BCUT2D eigenvalue weighted by Gasteiger charge is 2.30. The summed E-state index contributed by atoms with van der Waals surface area (Å²) in [4.78, 5) is 12.5. The number of nitrogens with zero attached hydrogens (tertiary/aromatic N) is 2. The SMILES string of the molecule is CC(C)(C)OC(=O)N(CCC#N)CCC(F)(F)F. The van der Waals surface area contributed by atoms with Crippen molar-refractivity contribution in [1.29, 1.82) is 5.26 Å². The number of hydrogen-bond acceptors (Lipinski definition) is 3. The van der Waals surface area contributed by atoms with E-state index in [4.69, 9.17) is 10.00 Å². The molecule has 0 N–H and O–H groups in total. The minimum absolute atomic E-state index is 0.0307. The summed E-state index contributed by atoms with van der Waals surface area (Å²) in [5.41, 5.74) is -0.778. The zero-order chi connectivity index (χ0) is 14.4. The molecule has 0 heterocycles. The molecule has 0 radical (unpaired) electrons. The van der Waals surface area contributed by atoms with Gasteiger partial charge >= 0.3 is 12.3 Å². The number of hydrogen-bond donors (Lipinski definition) is 0. The fourth-order valence-corrected chi connectivity index (χ4v) is 1.07. The van der Waals surface area contributed by atoms with E-state index < -0.39 is 30.8 Å². The smallest absolute Gasteiger partial charge is 0.410 e. The van der Waals surface area contributed by atoms with Gasteiger partial charge in [0.25, 0.3) is 0 Å². The summed E-state index contributed by atoms with van der Waals surface area (Å²) < 4.78 is 41.3. The van der Waals surface area contributed by atoms with Crippen LogP contribution in [0.15, 0.2) is 0 Å². The number of halogens is 3. The first kappa shape index (κ1) is 16.6. The van der Waals surface area contributed by atoms with Crippen LogP contribution in [0.3, 0.4) is 0 Å². The lowest BCUT2D eigenvalue weighted by Gasteiger charge is -2.27. The first-order chi connectivity index (χ1) is 8.05. The van der Waals surface area contributed by atoms with Crippen molar-refractivity contribution in [3.63, 3.8) is 0 Å².